The van der Waals surface area contributed by atoms with Gasteiger partial charge in [0.2, 0.25) is 0 Å². The third-order valence-corrected chi connectivity index (χ3v) is 5.88. The Bertz CT molecular complexity index is 554. The number of piperazine rings is 1. The summed E-state index contributed by atoms with van der Waals surface area (Å²) in [5.74, 6) is 0.720. The average Bonchev–Trinajstić information content (AvgIpc) is 3.06. The second-order valence-electron chi connectivity index (χ2n) is 5.24. The second kappa shape index (κ2) is 4.88. The van der Waals surface area contributed by atoms with Crippen molar-refractivity contribution in [2.75, 3.05) is 26.2 Å². The fourth-order valence-electron chi connectivity index (χ4n) is 2.97. The van der Waals surface area contributed by atoms with Crippen LogP contribution in [0.4, 0.5) is 0 Å². The zero-order valence-electron chi connectivity index (χ0n) is 11.2. The average molecular weight is 284 g/mol. The summed E-state index contributed by atoms with van der Waals surface area (Å²) < 4.78 is 26.7. The first-order chi connectivity index (χ1) is 9.11. The van der Waals surface area contributed by atoms with E-state index in [-0.39, 0.29) is 5.03 Å². The number of nitrogens with one attached hydrogen (secondary N) is 1. The molecule has 2 fully saturated rings. The fourth-order valence-corrected chi connectivity index (χ4v) is 4.38. The van der Waals surface area contributed by atoms with Gasteiger partial charge in [0.1, 0.15) is 5.82 Å². The molecule has 3 rings (SSSR count). The standard InChI is InChI=1S/C12H20N4O2S/c1-2-11-13-8-12(14-11)19(17,18)16-7-6-15-5-3-4-10(15)9-16/h8,10H,2-7,9H2,1H3,(H,13,14). The van der Waals surface area contributed by atoms with Gasteiger partial charge in [-0.25, -0.2) is 13.4 Å². The highest BCUT2D eigenvalue weighted by Crippen LogP contribution is 2.25. The number of hydrogen-bond donors (Lipinski definition) is 1. The van der Waals surface area contributed by atoms with Crippen molar-refractivity contribution in [3.8, 4) is 0 Å². The normalized spacial score (nSPS) is 25.6. The van der Waals surface area contributed by atoms with Crippen LogP contribution in [0.2, 0.25) is 0 Å². The van der Waals surface area contributed by atoms with E-state index in [0.717, 1.165) is 25.3 Å². The van der Waals surface area contributed by atoms with E-state index in [1.165, 1.54) is 12.6 Å². The van der Waals surface area contributed by atoms with Gasteiger partial charge in [-0.15, -0.1) is 0 Å². The molecule has 6 nitrogen and oxygen atoms in total. The zero-order valence-corrected chi connectivity index (χ0v) is 12.0. The van der Waals surface area contributed by atoms with E-state index in [0.29, 0.717) is 25.6 Å². The van der Waals surface area contributed by atoms with Crippen molar-refractivity contribution in [1.82, 2.24) is 19.2 Å². The number of imidazole rings is 1. The van der Waals surface area contributed by atoms with Gasteiger partial charge < -0.3 is 4.98 Å². The Kier molecular flexibility index (Phi) is 3.36. The molecule has 3 heterocycles. The first kappa shape index (κ1) is 13.1. The van der Waals surface area contributed by atoms with Crippen molar-refractivity contribution in [2.45, 2.75) is 37.3 Å². The summed E-state index contributed by atoms with van der Waals surface area (Å²) in [6.45, 7) is 5.11. The molecule has 1 N–H and O–H groups in total. The quantitative estimate of drug-likeness (QED) is 0.874. The highest BCUT2D eigenvalue weighted by molar-refractivity contribution is 7.89. The molecule has 1 atom stereocenters. The van der Waals surface area contributed by atoms with Gasteiger partial charge in [0.15, 0.2) is 5.03 Å². The van der Waals surface area contributed by atoms with Gasteiger partial charge >= 0.3 is 0 Å². The third-order valence-electron chi connectivity index (χ3n) is 4.11. The van der Waals surface area contributed by atoms with Gasteiger partial charge in [0.05, 0.1) is 6.20 Å². The summed E-state index contributed by atoms with van der Waals surface area (Å²) in [6.07, 6.45) is 4.44. The number of aromatic amines is 1. The number of sulfonamides is 1. The van der Waals surface area contributed by atoms with E-state index in [2.05, 4.69) is 14.9 Å². The van der Waals surface area contributed by atoms with E-state index in [9.17, 15) is 8.42 Å². The van der Waals surface area contributed by atoms with Gasteiger partial charge in [-0.05, 0) is 19.4 Å². The van der Waals surface area contributed by atoms with Gasteiger partial charge in [0, 0.05) is 32.1 Å². The molecule has 106 valence electrons. The smallest absolute Gasteiger partial charge is 0.260 e. The van der Waals surface area contributed by atoms with E-state index < -0.39 is 10.0 Å². The maximum atomic E-state index is 12.5. The Morgan fingerprint density at radius 3 is 3.00 bits per heavy atom. The van der Waals surface area contributed by atoms with Crippen molar-refractivity contribution >= 4 is 10.0 Å². The van der Waals surface area contributed by atoms with Crippen LogP contribution in [0.3, 0.4) is 0 Å². The number of H-pyrrole nitrogens is 1. The molecule has 7 heteroatoms. The Balaban J connectivity index is 1.80. The minimum Gasteiger partial charge on any atom is -0.332 e. The maximum absolute atomic E-state index is 12.5. The number of fused-ring (bicyclic) bond motifs is 1. The minimum atomic E-state index is -3.40. The summed E-state index contributed by atoms with van der Waals surface area (Å²) >= 11 is 0. The maximum Gasteiger partial charge on any atom is 0.260 e. The number of hydrogen-bond acceptors (Lipinski definition) is 4. The predicted molar refractivity (Wildman–Crippen MR) is 71.3 cm³/mol. The predicted octanol–water partition coefficient (Wildman–Crippen LogP) is 0.441. The molecule has 0 aliphatic carbocycles. The number of aryl methyl sites for hydroxylation is 1. The van der Waals surface area contributed by atoms with Crippen LogP contribution in [0.15, 0.2) is 11.2 Å². The lowest BCUT2D eigenvalue weighted by atomic mass is 10.2. The van der Waals surface area contributed by atoms with E-state index in [4.69, 9.17) is 0 Å². The summed E-state index contributed by atoms with van der Waals surface area (Å²) in [5.41, 5.74) is 0. The summed E-state index contributed by atoms with van der Waals surface area (Å²) in [4.78, 5) is 9.40. The van der Waals surface area contributed by atoms with Crippen LogP contribution >= 0.6 is 0 Å². The van der Waals surface area contributed by atoms with Crippen molar-refractivity contribution < 1.29 is 8.42 Å². The molecular formula is C12H20N4O2S. The Labute approximate surface area is 113 Å². The first-order valence-electron chi connectivity index (χ1n) is 6.89. The summed E-state index contributed by atoms with van der Waals surface area (Å²) in [5, 5.41) is 0.232. The molecule has 0 radical (unpaired) electrons. The summed E-state index contributed by atoms with van der Waals surface area (Å²) in [7, 11) is -3.40. The molecule has 0 amide bonds. The number of aromatic nitrogens is 2. The van der Waals surface area contributed by atoms with E-state index >= 15 is 0 Å². The van der Waals surface area contributed by atoms with Gasteiger partial charge in [-0.1, -0.05) is 6.92 Å². The molecule has 2 aliphatic heterocycles. The monoisotopic (exact) mass is 284 g/mol. The molecule has 0 spiro atoms. The largest absolute Gasteiger partial charge is 0.332 e. The molecule has 19 heavy (non-hydrogen) atoms. The van der Waals surface area contributed by atoms with Crippen LogP contribution in [0.5, 0.6) is 0 Å². The van der Waals surface area contributed by atoms with E-state index in [1.54, 1.807) is 4.31 Å². The third kappa shape index (κ3) is 2.30. The molecular weight excluding hydrogens is 264 g/mol. The number of nitrogens with zero attached hydrogens (tertiary/aromatic N) is 3. The highest BCUT2D eigenvalue weighted by Gasteiger charge is 2.36. The van der Waals surface area contributed by atoms with Crippen molar-refractivity contribution in [3.05, 3.63) is 12.0 Å². The second-order valence-corrected chi connectivity index (χ2v) is 7.15. The van der Waals surface area contributed by atoms with Gasteiger partial charge in [-0.2, -0.15) is 4.31 Å². The van der Waals surface area contributed by atoms with Crippen LogP contribution in [0.1, 0.15) is 25.6 Å². The van der Waals surface area contributed by atoms with Crippen LogP contribution in [-0.2, 0) is 16.4 Å². The molecule has 0 saturated carbocycles. The van der Waals surface area contributed by atoms with Crippen LogP contribution in [-0.4, -0.2) is 59.8 Å². The minimum absolute atomic E-state index is 0.232. The van der Waals surface area contributed by atoms with Crippen molar-refractivity contribution in [2.24, 2.45) is 0 Å². The molecule has 2 saturated heterocycles. The van der Waals surface area contributed by atoms with Crippen LogP contribution in [0, 0.1) is 0 Å². The lowest BCUT2D eigenvalue weighted by Gasteiger charge is -2.36. The molecule has 2 aliphatic rings. The Morgan fingerprint density at radius 2 is 2.26 bits per heavy atom. The Morgan fingerprint density at radius 1 is 1.42 bits per heavy atom. The van der Waals surface area contributed by atoms with E-state index in [1.807, 2.05) is 6.92 Å². The fraction of sp³-hybridized carbons (Fsp3) is 0.750. The van der Waals surface area contributed by atoms with Crippen molar-refractivity contribution in [1.29, 1.82) is 0 Å². The first-order valence-corrected chi connectivity index (χ1v) is 8.33. The molecule has 0 bridgehead atoms. The van der Waals surface area contributed by atoms with Gasteiger partial charge in [-0.3, -0.25) is 4.90 Å². The lowest BCUT2D eigenvalue weighted by molar-refractivity contribution is 0.158. The molecule has 1 unspecified atom stereocenters. The Hall–Kier alpha value is -0.920. The lowest BCUT2D eigenvalue weighted by Crippen LogP contribution is -2.51. The zero-order chi connectivity index (χ0) is 13.5. The summed E-state index contributed by atoms with van der Waals surface area (Å²) in [6, 6.07) is 0.400. The molecule has 1 aromatic rings. The molecule has 0 aromatic carbocycles. The van der Waals surface area contributed by atoms with Crippen molar-refractivity contribution in [3.63, 3.8) is 0 Å². The molecule has 1 aromatic heterocycles. The highest BCUT2D eigenvalue weighted by atomic mass is 32.2. The van der Waals surface area contributed by atoms with Crippen LogP contribution in [0.25, 0.3) is 0 Å². The SMILES string of the molecule is CCc1ncc(S(=O)(=O)N2CCN3CCCC3C2)[nH]1. The van der Waals surface area contributed by atoms with Crippen LogP contribution < -0.4 is 0 Å². The number of rotatable bonds is 3. The topological polar surface area (TPSA) is 69.3 Å². The van der Waals surface area contributed by atoms with Gasteiger partial charge in [0.25, 0.3) is 10.0 Å².